The monoisotopic (exact) mass is 356 g/mol. The molecule has 24 heavy (non-hydrogen) atoms. The Labute approximate surface area is 143 Å². The Morgan fingerprint density at radius 2 is 1.96 bits per heavy atom. The zero-order chi connectivity index (χ0) is 17.7. The van der Waals surface area contributed by atoms with Gasteiger partial charge in [0.1, 0.15) is 5.82 Å². The van der Waals surface area contributed by atoms with Crippen LogP contribution < -0.4 is 0 Å². The zero-order valence-electron chi connectivity index (χ0n) is 14.3. The number of hydrogen-bond donors (Lipinski definition) is 0. The summed E-state index contributed by atoms with van der Waals surface area (Å²) in [7, 11) is -3.66. The number of aryl methyl sites for hydroxylation is 1. The second-order valence-corrected chi connectivity index (χ2v) is 8.09. The van der Waals surface area contributed by atoms with Gasteiger partial charge in [-0.3, -0.25) is 4.79 Å². The van der Waals surface area contributed by atoms with Crippen molar-refractivity contribution < 1.29 is 17.6 Å². The molecule has 1 heterocycles. The van der Waals surface area contributed by atoms with Crippen LogP contribution >= 0.6 is 0 Å². The highest BCUT2D eigenvalue weighted by Gasteiger charge is 2.28. The van der Waals surface area contributed by atoms with Crippen molar-refractivity contribution in [2.75, 3.05) is 26.2 Å². The van der Waals surface area contributed by atoms with E-state index >= 15 is 0 Å². The molecule has 0 unspecified atom stereocenters. The van der Waals surface area contributed by atoms with Gasteiger partial charge >= 0.3 is 0 Å². The highest BCUT2D eigenvalue weighted by molar-refractivity contribution is 7.89. The molecule has 5 nitrogen and oxygen atoms in total. The predicted molar refractivity (Wildman–Crippen MR) is 90.6 cm³/mol. The fraction of sp³-hybridized carbons (Fsp3) is 0.588. The molecule has 1 fully saturated rings. The van der Waals surface area contributed by atoms with Crippen LogP contribution in [0.2, 0.25) is 0 Å². The average Bonchev–Trinajstić information content (AvgIpc) is 2.81. The maximum atomic E-state index is 13.4. The molecule has 7 heteroatoms. The number of nitrogens with zero attached hydrogens (tertiary/aromatic N) is 2. The van der Waals surface area contributed by atoms with Gasteiger partial charge in [-0.1, -0.05) is 13.3 Å². The minimum absolute atomic E-state index is 0.0914. The molecule has 134 valence electrons. The highest BCUT2D eigenvalue weighted by atomic mass is 32.2. The van der Waals surface area contributed by atoms with Crippen molar-refractivity contribution in [3.8, 4) is 0 Å². The van der Waals surface area contributed by atoms with Crippen LogP contribution in [0.15, 0.2) is 23.1 Å². The van der Waals surface area contributed by atoms with Gasteiger partial charge < -0.3 is 4.90 Å². The molecular formula is C17H25FN2O3S. The van der Waals surface area contributed by atoms with E-state index in [-0.39, 0.29) is 17.3 Å². The first-order valence-corrected chi connectivity index (χ1v) is 9.84. The van der Waals surface area contributed by atoms with Gasteiger partial charge in [0.25, 0.3) is 0 Å². The van der Waals surface area contributed by atoms with Crippen molar-refractivity contribution in [3.05, 3.63) is 29.6 Å². The number of hydrogen-bond acceptors (Lipinski definition) is 3. The van der Waals surface area contributed by atoms with Crippen LogP contribution in [-0.4, -0.2) is 49.7 Å². The Bertz CT molecular complexity index is 691. The molecule has 0 N–H and O–H groups in total. The van der Waals surface area contributed by atoms with Gasteiger partial charge in [0.2, 0.25) is 15.9 Å². The van der Waals surface area contributed by atoms with Crippen molar-refractivity contribution in [1.82, 2.24) is 9.21 Å². The van der Waals surface area contributed by atoms with E-state index in [2.05, 4.69) is 0 Å². The molecule has 0 bridgehead atoms. The van der Waals surface area contributed by atoms with E-state index < -0.39 is 15.8 Å². The predicted octanol–water partition coefficient (Wildman–Crippen LogP) is 2.55. The number of halogens is 1. The first kappa shape index (κ1) is 18.9. The van der Waals surface area contributed by atoms with E-state index in [1.807, 2.05) is 6.92 Å². The van der Waals surface area contributed by atoms with Crippen LogP contribution in [0.4, 0.5) is 4.39 Å². The molecule has 1 aliphatic rings. The van der Waals surface area contributed by atoms with E-state index in [1.54, 1.807) is 11.8 Å². The van der Waals surface area contributed by atoms with Crippen molar-refractivity contribution in [1.29, 1.82) is 0 Å². The fourth-order valence-corrected chi connectivity index (χ4v) is 4.35. The summed E-state index contributed by atoms with van der Waals surface area (Å²) in [6.45, 7) is 5.21. The lowest BCUT2D eigenvalue weighted by Gasteiger charge is -2.22. The SMILES string of the molecule is CCCCC(=O)N1CCCN(S(=O)(=O)c2ccc(F)c(C)c2)CC1. The third-order valence-electron chi connectivity index (χ3n) is 4.32. The molecular weight excluding hydrogens is 331 g/mol. The van der Waals surface area contributed by atoms with Crippen molar-refractivity contribution in [2.45, 2.75) is 44.4 Å². The molecule has 0 saturated carbocycles. The molecule has 0 atom stereocenters. The Kier molecular flexibility index (Phi) is 6.34. The zero-order valence-corrected chi connectivity index (χ0v) is 15.1. The number of unbranched alkanes of at least 4 members (excludes halogenated alkanes) is 1. The van der Waals surface area contributed by atoms with Gasteiger partial charge in [-0.2, -0.15) is 4.31 Å². The first-order chi connectivity index (χ1) is 11.4. The summed E-state index contributed by atoms with van der Waals surface area (Å²) in [4.78, 5) is 14.0. The molecule has 0 aromatic heterocycles. The second-order valence-electron chi connectivity index (χ2n) is 6.15. The average molecular weight is 356 g/mol. The smallest absolute Gasteiger partial charge is 0.243 e. The van der Waals surface area contributed by atoms with Gasteiger partial charge in [0.05, 0.1) is 4.90 Å². The number of rotatable bonds is 5. The number of carbonyl (C=O) groups excluding carboxylic acids is 1. The van der Waals surface area contributed by atoms with Crippen LogP contribution in [-0.2, 0) is 14.8 Å². The van der Waals surface area contributed by atoms with Crippen molar-refractivity contribution in [3.63, 3.8) is 0 Å². The summed E-state index contributed by atoms with van der Waals surface area (Å²) in [6.07, 6.45) is 2.94. The molecule has 1 amide bonds. The number of benzene rings is 1. The first-order valence-electron chi connectivity index (χ1n) is 8.40. The molecule has 1 aromatic rings. The van der Waals surface area contributed by atoms with E-state index in [1.165, 1.54) is 22.5 Å². The Hall–Kier alpha value is -1.47. The van der Waals surface area contributed by atoms with Gasteiger partial charge in [-0.05, 0) is 43.5 Å². The van der Waals surface area contributed by atoms with Crippen LogP contribution in [0, 0.1) is 12.7 Å². The van der Waals surface area contributed by atoms with E-state index in [9.17, 15) is 17.6 Å². The lowest BCUT2D eigenvalue weighted by atomic mass is 10.2. The van der Waals surface area contributed by atoms with E-state index in [4.69, 9.17) is 0 Å². The van der Waals surface area contributed by atoms with Gasteiger partial charge in [-0.15, -0.1) is 0 Å². The summed E-state index contributed by atoms with van der Waals surface area (Å²) in [5.41, 5.74) is 0.308. The summed E-state index contributed by atoms with van der Waals surface area (Å²) < 4.78 is 40.3. The summed E-state index contributed by atoms with van der Waals surface area (Å²) in [6, 6.07) is 3.84. The molecule has 1 saturated heterocycles. The maximum Gasteiger partial charge on any atom is 0.243 e. The normalized spacial score (nSPS) is 16.9. The summed E-state index contributed by atoms with van der Waals surface area (Å²) in [5, 5.41) is 0. The third-order valence-corrected chi connectivity index (χ3v) is 6.21. The number of sulfonamides is 1. The highest BCUT2D eigenvalue weighted by Crippen LogP contribution is 2.20. The lowest BCUT2D eigenvalue weighted by Crippen LogP contribution is -2.37. The number of amides is 1. The summed E-state index contributed by atoms with van der Waals surface area (Å²) >= 11 is 0. The van der Waals surface area contributed by atoms with Crippen LogP contribution in [0.1, 0.15) is 38.2 Å². The molecule has 0 spiro atoms. The largest absolute Gasteiger partial charge is 0.341 e. The van der Waals surface area contributed by atoms with E-state index in [0.717, 1.165) is 12.8 Å². The van der Waals surface area contributed by atoms with Crippen LogP contribution in [0.5, 0.6) is 0 Å². The Morgan fingerprint density at radius 1 is 1.21 bits per heavy atom. The van der Waals surface area contributed by atoms with E-state index in [0.29, 0.717) is 38.0 Å². The van der Waals surface area contributed by atoms with Gasteiger partial charge in [0.15, 0.2) is 0 Å². The molecule has 1 aliphatic heterocycles. The summed E-state index contributed by atoms with van der Waals surface area (Å²) in [5.74, 6) is -0.328. The topological polar surface area (TPSA) is 57.7 Å². The van der Waals surface area contributed by atoms with Gasteiger partial charge in [0, 0.05) is 32.6 Å². The molecule has 0 aliphatic carbocycles. The van der Waals surface area contributed by atoms with Gasteiger partial charge in [-0.25, -0.2) is 12.8 Å². The quantitative estimate of drug-likeness (QED) is 0.815. The second kappa shape index (κ2) is 8.07. The standard InChI is InChI=1S/C17H25FN2O3S/c1-3-4-6-17(21)19-9-5-10-20(12-11-19)24(22,23)15-7-8-16(18)14(2)13-15/h7-8,13H,3-6,9-12H2,1-2H3. The Balaban J connectivity index is 2.09. The maximum absolute atomic E-state index is 13.4. The minimum Gasteiger partial charge on any atom is -0.341 e. The molecule has 2 rings (SSSR count). The molecule has 1 aromatic carbocycles. The van der Waals surface area contributed by atoms with Crippen LogP contribution in [0.25, 0.3) is 0 Å². The van der Waals surface area contributed by atoms with Crippen LogP contribution in [0.3, 0.4) is 0 Å². The van der Waals surface area contributed by atoms with Crippen molar-refractivity contribution in [2.24, 2.45) is 0 Å². The Morgan fingerprint density at radius 3 is 2.62 bits per heavy atom. The fourth-order valence-electron chi connectivity index (χ4n) is 2.80. The third kappa shape index (κ3) is 4.33. The number of carbonyl (C=O) groups is 1. The lowest BCUT2D eigenvalue weighted by molar-refractivity contribution is -0.131. The minimum atomic E-state index is -3.66. The molecule has 0 radical (unpaired) electrons. The van der Waals surface area contributed by atoms with Crippen molar-refractivity contribution >= 4 is 15.9 Å².